The van der Waals surface area contributed by atoms with Crippen molar-refractivity contribution in [1.29, 1.82) is 0 Å². The zero-order valence-corrected chi connectivity index (χ0v) is 9.99. The third-order valence-electron chi connectivity index (χ3n) is 3.27. The number of benzene rings is 1. The molecule has 0 spiro atoms. The van der Waals surface area contributed by atoms with Crippen molar-refractivity contribution in [3.63, 3.8) is 0 Å². The van der Waals surface area contributed by atoms with Crippen molar-refractivity contribution in [2.75, 3.05) is 14.2 Å². The first kappa shape index (κ1) is 11.3. The van der Waals surface area contributed by atoms with Crippen LogP contribution in [0.2, 0.25) is 0 Å². The SMILES string of the molecule is COc1cccc(OC)c1C1(O)CC(C)C1. The van der Waals surface area contributed by atoms with Crippen LogP contribution in [-0.2, 0) is 5.60 Å². The number of ether oxygens (including phenoxy) is 2. The van der Waals surface area contributed by atoms with Crippen LogP contribution >= 0.6 is 0 Å². The van der Waals surface area contributed by atoms with Gasteiger partial charge in [0.1, 0.15) is 11.5 Å². The fourth-order valence-corrected chi connectivity index (χ4v) is 2.61. The van der Waals surface area contributed by atoms with E-state index in [4.69, 9.17) is 9.47 Å². The van der Waals surface area contributed by atoms with Crippen LogP contribution in [0.25, 0.3) is 0 Å². The molecule has 0 heterocycles. The number of rotatable bonds is 3. The van der Waals surface area contributed by atoms with E-state index in [1.165, 1.54) is 0 Å². The Morgan fingerprint density at radius 2 is 1.69 bits per heavy atom. The Morgan fingerprint density at radius 1 is 1.19 bits per heavy atom. The van der Waals surface area contributed by atoms with Crippen LogP contribution in [0.3, 0.4) is 0 Å². The van der Waals surface area contributed by atoms with Gasteiger partial charge in [-0.1, -0.05) is 13.0 Å². The summed E-state index contributed by atoms with van der Waals surface area (Å²) in [7, 11) is 3.23. The molecule has 3 heteroatoms. The minimum absolute atomic E-state index is 0.555. The van der Waals surface area contributed by atoms with Gasteiger partial charge >= 0.3 is 0 Å². The molecule has 88 valence electrons. The van der Waals surface area contributed by atoms with Crippen LogP contribution in [0.15, 0.2) is 18.2 Å². The highest BCUT2D eigenvalue weighted by Gasteiger charge is 2.45. The Kier molecular flexibility index (Phi) is 2.80. The molecule has 0 amide bonds. The van der Waals surface area contributed by atoms with Crippen molar-refractivity contribution in [3.05, 3.63) is 23.8 Å². The van der Waals surface area contributed by atoms with Crippen LogP contribution in [0.5, 0.6) is 11.5 Å². The smallest absolute Gasteiger partial charge is 0.128 e. The molecular formula is C13H18O3. The molecule has 0 saturated heterocycles. The van der Waals surface area contributed by atoms with E-state index in [1.807, 2.05) is 18.2 Å². The Morgan fingerprint density at radius 3 is 2.06 bits per heavy atom. The van der Waals surface area contributed by atoms with E-state index >= 15 is 0 Å². The zero-order valence-electron chi connectivity index (χ0n) is 9.99. The highest BCUT2D eigenvalue weighted by molar-refractivity contribution is 5.49. The van der Waals surface area contributed by atoms with Crippen LogP contribution in [0, 0.1) is 5.92 Å². The molecule has 0 aliphatic heterocycles. The lowest BCUT2D eigenvalue weighted by Gasteiger charge is -2.43. The third-order valence-corrected chi connectivity index (χ3v) is 3.27. The summed E-state index contributed by atoms with van der Waals surface area (Å²) in [6, 6.07) is 5.59. The average molecular weight is 222 g/mol. The van der Waals surface area contributed by atoms with Gasteiger partial charge in [0.15, 0.2) is 0 Å². The topological polar surface area (TPSA) is 38.7 Å². The van der Waals surface area contributed by atoms with Gasteiger partial charge < -0.3 is 14.6 Å². The molecule has 0 unspecified atom stereocenters. The van der Waals surface area contributed by atoms with Gasteiger partial charge in [-0.05, 0) is 30.9 Å². The van der Waals surface area contributed by atoms with E-state index in [0.717, 1.165) is 18.4 Å². The molecular weight excluding hydrogens is 204 g/mol. The summed E-state index contributed by atoms with van der Waals surface area (Å²) in [5.74, 6) is 1.96. The lowest BCUT2D eigenvalue weighted by atomic mass is 9.68. The normalized spacial score (nSPS) is 28.4. The van der Waals surface area contributed by atoms with Gasteiger partial charge in [0.2, 0.25) is 0 Å². The summed E-state index contributed by atoms with van der Waals surface area (Å²) < 4.78 is 10.6. The van der Waals surface area contributed by atoms with Gasteiger partial charge in [-0.15, -0.1) is 0 Å². The summed E-state index contributed by atoms with van der Waals surface area (Å²) in [5, 5.41) is 10.5. The van der Waals surface area contributed by atoms with E-state index in [2.05, 4.69) is 6.92 Å². The molecule has 1 fully saturated rings. The van der Waals surface area contributed by atoms with Crippen LogP contribution in [0.1, 0.15) is 25.3 Å². The fourth-order valence-electron chi connectivity index (χ4n) is 2.61. The largest absolute Gasteiger partial charge is 0.496 e. The molecule has 0 bridgehead atoms. The third kappa shape index (κ3) is 1.65. The second kappa shape index (κ2) is 3.98. The maximum atomic E-state index is 10.5. The maximum absolute atomic E-state index is 10.5. The fraction of sp³-hybridized carbons (Fsp3) is 0.538. The van der Waals surface area contributed by atoms with Crippen molar-refractivity contribution in [2.45, 2.75) is 25.4 Å². The lowest BCUT2D eigenvalue weighted by Crippen LogP contribution is -2.40. The summed E-state index contributed by atoms with van der Waals surface area (Å²) in [6.45, 7) is 2.14. The molecule has 1 aromatic carbocycles. The first-order valence-corrected chi connectivity index (χ1v) is 5.54. The minimum atomic E-state index is -0.780. The molecule has 16 heavy (non-hydrogen) atoms. The molecule has 1 N–H and O–H groups in total. The minimum Gasteiger partial charge on any atom is -0.496 e. The van der Waals surface area contributed by atoms with E-state index in [9.17, 15) is 5.11 Å². The van der Waals surface area contributed by atoms with Crippen LogP contribution in [-0.4, -0.2) is 19.3 Å². The summed E-state index contributed by atoms with van der Waals surface area (Å²) in [4.78, 5) is 0. The standard InChI is InChI=1S/C13H18O3/c1-9-7-13(14,8-9)12-10(15-2)5-4-6-11(12)16-3/h4-6,9,14H,7-8H2,1-3H3. The number of methoxy groups -OCH3 is 2. The molecule has 1 aromatic rings. The van der Waals surface area contributed by atoms with Gasteiger partial charge in [-0.2, -0.15) is 0 Å². The molecule has 1 aliphatic carbocycles. The van der Waals surface area contributed by atoms with Crippen molar-refractivity contribution in [1.82, 2.24) is 0 Å². The molecule has 1 saturated carbocycles. The summed E-state index contributed by atoms with van der Waals surface area (Å²) in [5.41, 5.74) is 0.00951. The van der Waals surface area contributed by atoms with Crippen LogP contribution in [0.4, 0.5) is 0 Å². The molecule has 1 aliphatic rings. The Balaban J connectivity index is 2.45. The zero-order chi connectivity index (χ0) is 11.8. The van der Waals surface area contributed by atoms with Gasteiger partial charge in [-0.3, -0.25) is 0 Å². The van der Waals surface area contributed by atoms with E-state index in [1.54, 1.807) is 14.2 Å². The summed E-state index contributed by atoms with van der Waals surface area (Å²) in [6.07, 6.45) is 1.54. The van der Waals surface area contributed by atoms with Crippen LogP contribution < -0.4 is 9.47 Å². The van der Waals surface area contributed by atoms with Crippen molar-refractivity contribution in [2.24, 2.45) is 5.92 Å². The van der Waals surface area contributed by atoms with Gasteiger partial charge in [0, 0.05) is 0 Å². The highest BCUT2D eigenvalue weighted by atomic mass is 16.5. The Labute approximate surface area is 96.0 Å². The van der Waals surface area contributed by atoms with E-state index in [0.29, 0.717) is 17.4 Å². The van der Waals surface area contributed by atoms with Gasteiger partial charge in [0.05, 0.1) is 25.4 Å². The quantitative estimate of drug-likeness (QED) is 0.853. The number of aliphatic hydroxyl groups is 1. The first-order chi connectivity index (χ1) is 7.60. The van der Waals surface area contributed by atoms with Gasteiger partial charge in [-0.25, -0.2) is 0 Å². The molecule has 0 atom stereocenters. The second-order valence-electron chi connectivity index (χ2n) is 4.58. The van der Waals surface area contributed by atoms with Crippen molar-refractivity contribution >= 4 is 0 Å². The summed E-state index contributed by atoms with van der Waals surface area (Å²) >= 11 is 0. The molecule has 0 aromatic heterocycles. The lowest BCUT2D eigenvalue weighted by molar-refractivity contribution is -0.0765. The van der Waals surface area contributed by atoms with E-state index in [-0.39, 0.29) is 0 Å². The highest BCUT2D eigenvalue weighted by Crippen LogP contribution is 2.51. The second-order valence-corrected chi connectivity index (χ2v) is 4.58. The average Bonchev–Trinajstić information content (AvgIpc) is 2.25. The number of hydrogen-bond donors (Lipinski definition) is 1. The maximum Gasteiger partial charge on any atom is 0.128 e. The molecule has 3 nitrogen and oxygen atoms in total. The van der Waals surface area contributed by atoms with Crippen molar-refractivity contribution < 1.29 is 14.6 Å². The predicted molar refractivity (Wildman–Crippen MR) is 61.8 cm³/mol. The predicted octanol–water partition coefficient (Wildman–Crippen LogP) is 2.32. The van der Waals surface area contributed by atoms with Crippen molar-refractivity contribution in [3.8, 4) is 11.5 Å². The van der Waals surface area contributed by atoms with Gasteiger partial charge in [0.25, 0.3) is 0 Å². The van der Waals surface area contributed by atoms with E-state index < -0.39 is 5.60 Å². The molecule has 0 radical (unpaired) electrons. The number of hydrogen-bond acceptors (Lipinski definition) is 3. The monoisotopic (exact) mass is 222 g/mol. The molecule has 2 rings (SSSR count). The Bertz CT molecular complexity index is 359. The Hall–Kier alpha value is -1.22. The first-order valence-electron chi connectivity index (χ1n) is 5.54.